The van der Waals surface area contributed by atoms with E-state index in [1.807, 2.05) is 0 Å². The largest absolute Gasteiger partial charge is 0.395 e. The monoisotopic (exact) mass is 315 g/mol. The molecule has 0 saturated heterocycles. The predicted octanol–water partition coefficient (Wildman–Crippen LogP) is 3.50. The molecule has 4 nitrogen and oxygen atoms in total. The first kappa shape index (κ1) is 21.4. The highest BCUT2D eigenvalue weighted by atomic mass is 16.3. The Bertz CT molecular complexity index is 240. The zero-order valence-electron chi connectivity index (χ0n) is 14.6. The van der Waals surface area contributed by atoms with Gasteiger partial charge in [0.15, 0.2) is 0 Å². The first-order valence-corrected chi connectivity index (χ1v) is 9.25. The molecule has 0 aromatic rings. The fraction of sp³-hybridized carbons (Fsp3) is 0.944. The summed E-state index contributed by atoms with van der Waals surface area (Å²) in [5, 5.41) is 17.8. The summed E-state index contributed by atoms with van der Waals surface area (Å²) in [5.74, 6) is 0.0547. The third-order valence-corrected chi connectivity index (χ3v) is 4.09. The van der Waals surface area contributed by atoms with Crippen molar-refractivity contribution in [2.45, 2.75) is 84.0 Å². The van der Waals surface area contributed by atoms with E-state index in [1.165, 1.54) is 57.8 Å². The van der Waals surface area contributed by atoms with E-state index in [1.54, 1.807) is 4.90 Å². The van der Waals surface area contributed by atoms with E-state index in [2.05, 4.69) is 6.92 Å². The average molecular weight is 315 g/mol. The standard InChI is InChI=1S/C18H37NO3/c1-2-3-4-5-6-7-8-9-10-11-12-13-18(22)19(14-16-20)15-17-21/h20-21H,2-17H2,1H3. The zero-order valence-corrected chi connectivity index (χ0v) is 14.6. The van der Waals surface area contributed by atoms with Crippen LogP contribution in [0.3, 0.4) is 0 Å². The lowest BCUT2D eigenvalue weighted by Crippen LogP contribution is -2.35. The number of unbranched alkanes of at least 4 members (excludes halogenated alkanes) is 10. The van der Waals surface area contributed by atoms with Gasteiger partial charge in [-0.15, -0.1) is 0 Å². The summed E-state index contributed by atoms with van der Waals surface area (Å²) in [6, 6.07) is 0. The Morgan fingerprint density at radius 2 is 1.14 bits per heavy atom. The van der Waals surface area contributed by atoms with Gasteiger partial charge in [-0.25, -0.2) is 0 Å². The van der Waals surface area contributed by atoms with Crippen LogP contribution in [0.1, 0.15) is 84.0 Å². The molecule has 132 valence electrons. The minimum atomic E-state index is -0.0377. The molecule has 0 bridgehead atoms. The molecular weight excluding hydrogens is 278 g/mol. The SMILES string of the molecule is CCCCCCCCCCCCCC(=O)N(CCO)CCO. The summed E-state index contributed by atoms with van der Waals surface area (Å²) in [7, 11) is 0. The van der Waals surface area contributed by atoms with Gasteiger partial charge in [-0.05, 0) is 6.42 Å². The summed E-state index contributed by atoms with van der Waals surface area (Å²) >= 11 is 0. The molecule has 0 aromatic heterocycles. The van der Waals surface area contributed by atoms with Gasteiger partial charge in [-0.3, -0.25) is 4.79 Å². The van der Waals surface area contributed by atoms with Crippen molar-refractivity contribution in [3.05, 3.63) is 0 Å². The van der Waals surface area contributed by atoms with Crippen molar-refractivity contribution in [2.75, 3.05) is 26.3 Å². The molecule has 0 atom stereocenters. The highest BCUT2D eigenvalue weighted by molar-refractivity contribution is 5.76. The maximum Gasteiger partial charge on any atom is 0.222 e. The molecule has 0 aliphatic rings. The molecule has 0 radical (unpaired) electrons. The van der Waals surface area contributed by atoms with Gasteiger partial charge < -0.3 is 15.1 Å². The van der Waals surface area contributed by atoms with Crippen LogP contribution in [0.15, 0.2) is 0 Å². The van der Waals surface area contributed by atoms with Crippen molar-refractivity contribution < 1.29 is 15.0 Å². The van der Waals surface area contributed by atoms with Gasteiger partial charge in [0, 0.05) is 19.5 Å². The molecule has 1 amide bonds. The van der Waals surface area contributed by atoms with Gasteiger partial charge in [0.1, 0.15) is 0 Å². The molecular formula is C18H37NO3. The Morgan fingerprint density at radius 1 is 0.727 bits per heavy atom. The lowest BCUT2D eigenvalue weighted by Gasteiger charge is -2.20. The van der Waals surface area contributed by atoms with Crippen LogP contribution >= 0.6 is 0 Å². The molecule has 0 heterocycles. The molecule has 0 aliphatic carbocycles. The number of hydrogen-bond acceptors (Lipinski definition) is 3. The highest BCUT2D eigenvalue weighted by Gasteiger charge is 2.11. The highest BCUT2D eigenvalue weighted by Crippen LogP contribution is 2.12. The zero-order chi connectivity index (χ0) is 16.5. The maximum atomic E-state index is 11.9. The summed E-state index contributed by atoms with van der Waals surface area (Å²) in [6.45, 7) is 2.83. The number of nitrogens with zero attached hydrogens (tertiary/aromatic N) is 1. The number of hydrogen-bond donors (Lipinski definition) is 2. The van der Waals surface area contributed by atoms with E-state index in [4.69, 9.17) is 10.2 Å². The third-order valence-electron chi connectivity index (χ3n) is 4.09. The minimum Gasteiger partial charge on any atom is -0.395 e. The quantitative estimate of drug-likeness (QED) is 0.429. The van der Waals surface area contributed by atoms with Gasteiger partial charge >= 0.3 is 0 Å². The van der Waals surface area contributed by atoms with Crippen molar-refractivity contribution in [1.29, 1.82) is 0 Å². The van der Waals surface area contributed by atoms with Crippen LogP contribution in [0.4, 0.5) is 0 Å². The summed E-state index contributed by atoms with van der Waals surface area (Å²) in [6.07, 6.45) is 14.5. The van der Waals surface area contributed by atoms with Crippen LogP contribution in [0.2, 0.25) is 0 Å². The summed E-state index contributed by atoms with van der Waals surface area (Å²) in [5.41, 5.74) is 0. The fourth-order valence-corrected chi connectivity index (χ4v) is 2.70. The Labute approximate surface area is 136 Å². The second-order valence-electron chi connectivity index (χ2n) is 6.11. The molecule has 0 rings (SSSR count). The maximum absolute atomic E-state index is 11.9. The van der Waals surface area contributed by atoms with E-state index < -0.39 is 0 Å². The van der Waals surface area contributed by atoms with Gasteiger partial charge in [0.25, 0.3) is 0 Å². The smallest absolute Gasteiger partial charge is 0.222 e. The number of carbonyl (C=O) groups is 1. The lowest BCUT2D eigenvalue weighted by molar-refractivity contribution is -0.132. The first-order valence-electron chi connectivity index (χ1n) is 9.25. The first-order chi connectivity index (χ1) is 10.8. The van der Waals surface area contributed by atoms with E-state index >= 15 is 0 Å². The molecule has 0 spiro atoms. The Morgan fingerprint density at radius 3 is 1.55 bits per heavy atom. The van der Waals surface area contributed by atoms with Crippen molar-refractivity contribution in [1.82, 2.24) is 4.90 Å². The van der Waals surface area contributed by atoms with Gasteiger partial charge in [0.2, 0.25) is 5.91 Å². The van der Waals surface area contributed by atoms with Crippen molar-refractivity contribution in [3.8, 4) is 0 Å². The topological polar surface area (TPSA) is 60.8 Å². The molecule has 0 unspecified atom stereocenters. The van der Waals surface area contributed by atoms with E-state index in [0.29, 0.717) is 19.5 Å². The van der Waals surface area contributed by atoms with Gasteiger partial charge in [-0.1, -0.05) is 71.1 Å². The average Bonchev–Trinajstić information content (AvgIpc) is 2.52. The fourth-order valence-electron chi connectivity index (χ4n) is 2.70. The lowest BCUT2D eigenvalue weighted by atomic mass is 10.1. The summed E-state index contributed by atoms with van der Waals surface area (Å²) < 4.78 is 0. The Hall–Kier alpha value is -0.610. The van der Waals surface area contributed by atoms with Crippen LogP contribution in [0.5, 0.6) is 0 Å². The van der Waals surface area contributed by atoms with Crippen LogP contribution in [-0.4, -0.2) is 47.3 Å². The minimum absolute atomic E-state index is 0.0377. The van der Waals surface area contributed by atoms with Crippen LogP contribution in [0, 0.1) is 0 Å². The number of amides is 1. The van der Waals surface area contributed by atoms with Crippen molar-refractivity contribution in [2.24, 2.45) is 0 Å². The molecule has 4 heteroatoms. The molecule has 22 heavy (non-hydrogen) atoms. The second kappa shape index (κ2) is 16.8. The number of rotatable bonds is 16. The van der Waals surface area contributed by atoms with Crippen molar-refractivity contribution >= 4 is 5.91 Å². The number of aliphatic hydroxyl groups excluding tert-OH is 2. The normalized spacial score (nSPS) is 10.9. The summed E-state index contributed by atoms with van der Waals surface area (Å²) in [4.78, 5) is 13.4. The molecule has 0 aliphatic heterocycles. The molecule has 0 aromatic carbocycles. The second-order valence-corrected chi connectivity index (χ2v) is 6.11. The van der Waals surface area contributed by atoms with Gasteiger partial charge in [0.05, 0.1) is 13.2 Å². The van der Waals surface area contributed by atoms with Crippen LogP contribution < -0.4 is 0 Å². The van der Waals surface area contributed by atoms with E-state index in [9.17, 15) is 4.79 Å². The Kier molecular flexibility index (Phi) is 16.3. The predicted molar refractivity (Wildman–Crippen MR) is 91.8 cm³/mol. The molecule has 0 fully saturated rings. The van der Waals surface area contributed by atoms with Crippen LogP contribution in [-0.2, 0) is 4.79 Å². The van der Waals surface area contributed by atoms with Crippen LogP contribution in [0.25, 0.3) is 0 Å². The number of aliphatic hydroxyl groups is 2. The van der Waals surface area contributed by atoms with E-state index in [-0.39, 0.29) is 19.1 Å². The van der Waals surface area contributed by atoms with Gasteiger partial charge in [-0.2, -0.15) is 0 Å². The number of carbonyl (C=O) groups excluding carboxylic acids is 1. The molecule has 2 N–H and O–H groups in total. The molecule has 0 saturated carbocycles. The Balaban J connectivity index is 3.39. The van der Waals surface area contributed by atoms with E-state index in [0.717, 1.165) is 12.8 Å². The third kappa shape index (κ3) is 13.1. The van der Waals surface area contributed by atoms with Crippen molar-refractivity contribution in [3.63, 3.8) is 0 Å².